The topological polar surface area (TPSA) is 105 Å². The van der Waals surface area contributed by atoms with Crippen LogP contribution < -0.4 is 0 Å². The molecule has 0 atom stereocenters. The van der Waals surface area contributed by atoms with Crippen LogP contribution in [-0.2, 0) is 9.47 Å². The lowest BCUT2D eigenvalue weighted by Gasteiger charge is -2.29. The van der Waals surface area contributed by atoms with Gasteiger partial charge in [0.25, 0.3) is 5.69 Å². The van der Waals surface area contributed by atoms with Gasteiger partial charge >= 0.3 is 4.45 Å². The van der Waals surface area contributed by atoms with Crippen molar-refractivity contribution in [2.75, 3.05) is 13.2 Å². The summed E-state index contributed by atoms with van der Waals surface area (Å²) in [5.41, 5.74) is 0.363. The van der Waals surface area contributed by atoms with E-state index < -0.39 is 20.6 Å². The van der Waals surface area contributed by atoms with E-state index in [4.69, 9.17) is 9.47 Å². The van der Waals surface area contributed by atoms with Crippen LogP contribution in [-0.4, -0.2) is 27.5 Å². The molecule has 0 saturated carbocycles. The first-order valence-electron chi connectivity index (χ1n) is 5.23. The van der Waals surface area contributed by atoms with Crippen molar-refractivity contribution < 1.29 is 19.3 Å². The molecule has 0 aliphatic carbocycles. The summed E-state index contributed by atoms with van der Waals surface area (Å²) >= 11 is 2.94. The SMILES string of the molecule is O=[N+]([O-])c1cccc(C2OCC(Br)([N+](=O)[O-])CO2)c1. The van der Waals surface area contributed by atoms with Gasteiger partial charge in [0.05, 0.1) is 4.92 Å². The molecule has 0 N–H and O–H groups in total. The van der Waals surface area contributed by atoms with Gasteiger partial charge in [-0.1, -0.05) is 12.1 Å². The van der Waals surface area contributed by atoms with Crippen LogP contribution in [0.25, 0.3) is 0 Å². The Morgan fingerprint density at radius 1 is 1.26 bits per heavy atom. The molecule has 102 valence electrons. The largest absolute Gasteiger partial charge is 0.340 e. The third kappa shape index (κ3) is 2.88. The van der Waals surface area contributed by atoms with E-state index in [-0.39, 0.29) is 18.9 Å². The van der Waals surface area contributed by atoms with Crippen LogP contribution in [0.4, 0.5) is 5.69 Å². The highest BCUT2D eigenvalue weighted by atomic mass is 79.9. The fourth-order valence-corrected chi connectivity index (χ4v) is 1.84. The zero-order chi connectivity index (χ0) is 14.0. The summed E-state index contributed by atoms with van der Waals surface area (Å²) in [5.74, 6) is 0. The smallest absolute Gasteiger partial charge is 0.320 e. The molecule has 0 amide bonds. The molecule has 0 spiro atoms. The molecule has 1 aromatic carbocycles. The number of nitro benzene ring substituents is 1. The maximum Gasteiger partial charge on any atom is 0.320 e. The predicted octanol–water partition coefficient (Wildman–Crippen LogP) is 2.01. The minimum absolute atomic E-state index is 0.0883. The molecule has 8 nitrogen and oxygen atoms in total. The summed E-state index contributed by atoms with van der Waals surface area (Å²) in [6.07, 6.45) is -0.842. The molecule has 0 unspecified atom stereocenters. The molecule has 1 heterocycles. The molecule has 1 aromatic rings. The second kappa shape index (κ2) is 5.19. The van der Waals surface area contributed by atoms with Crippen molar-refractivity contribution in [2.45, 2.75) is 10.7 Å². The number of halogens is 1. The number of nitro groups is 2. The fraction of sp³-hybridized carbons (Fsp3) is 0.400. The van der Waals surface area contributed by atoms with Gasteiger partial charge in [0.15, 0.2) is 6.29 Å². The van der Waals surface area contributed by atoms with Crippen molar-refractivity contribution >= 4 is 21.6 Å². The summed E-state index contributed by atoms with van der Waals surface area (Å²) in [6.45, 7) is -0.374. The van der Waals surface area contributed by atoms with E-state index in [0.717, 1.165) is 0 Å². The minimum atomic E-state index is -1.47. The summed E-state index contributed by atoms with van der Waals surface area (Å²) in [7, 11) is 0. The third-order valence-electron chi connectivity index (χ3n) is 2.59. The van der Waals surface area contributed by atoms with Gasteiger partial charge in [-0.2, -0.15) is 0 Å². The molecular weight excluding hydrogens is 324 g/mol. The molecule has 2 rings (SSSR count). The molecule has 1 saturated heterocycles. The molecule has 1 fully saturated rings. The molecule has 0 radical (unpaired) electrons. The highest BCUT2D eigenvalue weighted by molar-refractivity contribution is 9.10. The number of alkyl halides is 1. The van der Waals surface area contributed by atoms with E-state index in [1.165, 1.54) is 18.2 Å². The van der Waals surface area contributed by atoms with Crippen LogP contribution in [0.2, 0.25) is 0 Å². The van der Waals surface area contributed by atoms with Crippen molar-refractivity contribution in [1.29, 1.82) is 0 Å². The Balaban J connectivity index is 2.12. The molecule has 1 aliphatic heterocycles. The maximum atomic E-state index is 10.8. The average molecular weight is 333 g/mol. The first-order chi connectivity index (χ1) is 8.92. The summed E-state index contributed by atoms with van der Waals surface area (Å²) in [5, 5.41) is 21.4. The molecule has 0 aromatic heterocycles. The lowest BCUT2D eigenvalue weighted by Crippen LogP contribution is -2.46. The van der Waals surface area contributed by atoms with Crippen molar-refractivity contribution in [3.05, 3.63) is 50.1 Å². The van der Waals surface area contributed by atoms with E-state index in [2.05, 4.69) is 15.9 Å². The monoisotopic (exact) mass is 332 g/mol. The lowest BCUT2D eigenvalue weighted by atomic mass is 10.2. The number of benzene rings is 1. The number of non-ortho nitro benzene ring substituents is 1. The molecule has 1 aliphatic rings. The summed E-state index contributed by atoms with van der Waals surface area (Å²) < 4.78 is 9.02. The van der Waals surface area contributed by atoms with Crippen LogP contribution in [0.3, 0.4) is 0 Å². The van der Waals surface area contributed by atoms with Gasteiger partial charge < -0.3 is 9.47 Å². The predicted molar refractivity (Wildman–Crippen MR) is 66.4 cm³/mol. The number of nitrogens with zero attached hydrogens (tertiary/aromatic N) is 2. The summed E-state index contributed by atoms with van der Waals surface area (Å²) in [4.78, 5) is 20.4. The Morgan fingerprint density at radius 2 is 1.89 bits per heavy atom. The number of ether oxygens (including phenoxy) is 2. The molecular formula is C10H9BrN2O6. The van der Waals surface area contributed by atoms with Gasteiger partial charge in [-0.15, -0.1) is 0 Å². The fourth-order valence-electron chi connectivity index (χ4n) is 1.58. The Kier molecular flexibility index (Phi) is 3.78. The van der Waals surface area contributed by atoms with Crippen LogP contribution in [0, 0.1) is 20.2 Å². The van der Waals surface area contributed by atoms with Gasteiger partial charge in [-0.3, -0.25) is 20.2 Å². The van der Waals surface area contributed by atoms with Gasteiger partial charge in [-0.05, 0) is 0 Å². The minimum Gasteiger partial charge on any atom is -0.340 e. The molecule has 19 heavy (non-hydrogen) atoms. The Bertz CT molecular complexity index is 514. The van der Waals surface area contributed by atoms with Gasteiger partial charge in [0.1, 0.15) is 13.2 Å². The number of rotatable bonds is 3. The normalized spacial score (nSPS) is 26.9. The standard InChI is InChI=1S/C10H9BrN2O6/c11-10(13(16)17)5-18-9(19-6-10)7-2-1-3-8(4-7)12(14)15/h1-4,9H,5-6H2. The van der Waals surface area contributed by atoms with Crippen LogP contribution in [0.5, 0.6) is 0 Å². The van der Waals surface area contributed by atoms with Crippen LogP contribution >= 0.6 is 15.9 Å². The zero-order valence-corrected chi connectivity index (χ0v) is 11.1. The first-order valence-corrected chi connectivity index (χ1v) is 6.03. The Hall–Kier alpha value is -1.58. The molecule has 0 bridgehead atoms. The lowest BCUT2D eigenvalue weighted by molar-refractivity contribution is -0.557. The Labute approximate surface area is 115 Å². The van der Waals surface area contributed by atoms with Gasteiger partial charge in [0, 0.05) is 38.5 Å². The Morgan fingerprint density at radius 3 is 2.42 bits per heavy atom. The van der Waals surface area contributed by atoms with E-state index in [0.29, 0.717) is 5.56 Å². The highest BCUT2D eigenvalue weighted by Gasteiger charge is 2.46. The van der Waals surface area contributed by atoms with Gasteiger partial charge in [0.2, 0.25) is 0 Å². The zero-order valence-electron chi connectivity index (χ0n) is 9.52. The average Bonchev–Trinajstić information content (AvgIpc) is 2.39. The van der Waals surface area contributed by atoms with Crippen molar-refractivity contribution in [1.82, 2.24) is 0 Å². The van der Waals surface area contributed by atoms with E-state index in [9.17, 15) is 20.2 Å². The van der Waals surface area contributed by atoms with E-state index in [1.54, 1.807) is 6.07 Å². The summed E-state index contributed by atoms with van der Waals surface area (Å²) in [6, 6.07) is 5.77. The third-order valence-corrected chi connectivity index (χ3v) is 3.34. The van der Waals surface area contributed by atoms with Gasteiger partial charge in [-0.25, -0.2) is 0 Å². The number of hydrogen-bond donors (Lipinski definition) is 0. The van der Waals surface area contributed by atoms with E-state index in [1.807, 2.05) is 0 Å². The van der Waals surface area contributed by atoms with Crippen LogP contribution in [0.15, 0.2) is 24.3 Å². The quantitative estimate of drug-likeness (QED) is 0.363. The maximum absolute atomic E-state index is 10.8. The number of hydrogen-bond acceptors (Lipinski definition) is 6. The van der Waals surface area contributed by atoms with Crippen molar-refractivity contribution in [2.24, 2.45) is 0 Å². The second-order valence-electron chi connectivity index (χ2n) is 3.98. The first kappa shape index (κ1) is 13.8. The highest BCUT2D eigenvalue weighted by Crippen LogP contribution is 2.33. The van der Waals surface area contributed by atoms with E-state index >= 15 is 0 Å². The van der Waals surface area contributed by atoms with Crippen molar-refractivity contribution in [3.8, 4) is 0 Å². The van der Waals surface area contributed by atoms with Crippen LogP contribution in [0.1, 0.15) is 11.9 Å². The molecule has 9 heteroatoms. The van der Waals surface area contributed by atoms with Crippen molar-refractivity contribution in [3.63, 3.8) is 0 Å². The second-order valence-corrected chi connectivity index (χ2v) is 5.46.